The summed E-state index contributed by atoms with van der Waals surface area (Å²) in [6.45, 7) is 17.6. The average molecular weight is 349 g/mol. The van der Waals surface area contributed by atoms with Gasteiger partial charge in [0, 0.05) is 12.5 Å². The second-order valence-corrected chi connectivity index (χ2v) is 7.89. The molecular weight excluding hydrogens is 308 g/mol. The minimum atomic E-state index is -0.668. The van der Waals surface area contributed by atoms with E-state index in [-0.39, 0.29) is 5.92 Å². The lowest BCUT2D eigenvalue weighted by molar-refractivity contribution is -0.131. The summed E-state index contributed by atoms with van der Waals surface area (Å²) in [4.78, 5) is 0. The van der Waals surface area contributed by atoms with Gasteiger partial charge in [-0.15, -0.1) is 0 Å². The van der Waals surface area contributed by atoms with E-state index in [0.717, 1.165) is 12.8 Å². The third kappa shape index (κ3) is 12.0. The zero-order valence-corrected chi connectivity index (χ0v) is 17.7. The van der Waals surface area contributed by atoms with Crippen LogP contribution in [0.4, 0.5) is 0 Å². The molecule has 0 amide bonds. The summed E-state index contributed by atoms with van der Waals surface area (Å²) in [5.74, 6) is 1.29. The van der Waals surface area contributed by atoms with Gasteiger partial charge in [-0.05, 0) is 56.6 Å². The van der Waals surface area contributed by atoms with E-state index in [1.54, 1.807) is 0 Å². The summed E-state index contributed by atoms with van der Waals surface area (Å²) >= 11 is 0. The first kappa shape index (κ1) is 23.9. The fourth-order valence-electron chi connectivity index (χ4n) is 2.10. The maximum Gasteiger partial charge on any atom is 0.157 e. The van der Waals surface area contributed by atoms with E-state index in [1.807, 2.05) is 13.8 Å². The number of allylic oxidation sites excluding steroid dienone is 2. The average Bonchev–Trinajstić information content (AvgIpc) is 2.55. The summed E-state index contributed by atoms with van der Waals surface area (Å²) in [6.07, 6.45) is 3.26. The lowest BCUT2D eigenvalue weighted by atomic mass is 9.97. The summed E-state index contributed by atoms with van der Waals surface area (Å²) in [6, 6.07) is 8.68. The molecule has 0 spiro atoms. The summed E-state index contributed by atoms with van der Waals surface area (Å²) in [7, 11) is 0. The SMILES string of the molecule is CC(C)CCOC(O)C(C)Cc1ccc(C(C)C)cc1.CC=C(C)C. The number of hydrogen-bond acceptors (Lipinski definition) is 2. The first-order chi connectivity index (χ1) is 11.7. The van der Waals surface area contributed by atoms with E-state index >= 15 is 0 Å². The van der Waals surface area contributed by atoms with Gasteiger partial charge in [-0.3, -0.25) is 0 Å². The van der Waals surface area contributed by atoms with Crippen molar-refractivity contribution in [3.05, 3.63) is 47.0 Å². The fourth-order valence-corrected chi connectivity index (χ4v) is 2.10. The molecule has 1 aromatic rings. The number of aliphatic hydroxyl groups is 1. The molecule has 2 nitrogen and oxygen atoms in total. The van der Waals surface area contributed by atoms with Crippen LogP contribution in [0.1, 0.15) is 78.9 Å². The van der Waals surface area contributed by atoms with Crippen LogP contribution in [0.2, 0.25) is 0 Å². The molecule has 2 heteroatoms. The lowest BCUT2D eigenvalue weighted by Gasteiger charge is -2.20. The first-order valence-electron chi connectivity index (χ1n) is 9.65. The van der Waals surface area contributed by atoms with Crippen LogP contribution in [0.25, 0.3) is 0 Å². The van der Waals surface area contributed by atoms with E-state index in [4.69, 9.17) is 4.74 Å². The van der Waals surface area contributed by atoms with Gasteiger partial charge in [0.1, 0.15) is 0 Å². The third-order valence-corrected chi connectivity index (χ3v) is 4.25. The molecule has 0 fully saturated rings. The van der Waals surface area contributed by atoms with Gasteiger partial charge in [-0.2, -0.15) is 0 Å². The van der Waals surface area contributed by atoms with Crippen molar-refractivity contribution in [3.63, 3.8) is 0 Å². The van der Waals surface area contributed by atoms with Crippen LogP contribution in [0, 0.1) is 11.8 Å². The Labute approximate surface area is 156 Å². The van der Waals surface area contributed by atoms with Gasteiger partial charge in [0.05, 0.1) is 0 Å². The van der Waals surface area contributed by atoms with Crippen LogP contribution >= 0.6 is 0 Å². The Bertz CT molecular complexity index is 467. The molecule has 1 N–H and O–H groups in total. The highest BCUT2D eigenvalue weighted by Gasteiger charge is 2.15. The second-order valence-electron chi connectivity index (χ2n) is 7.89. The zero-order chi connectivity index (χ0) is 19.4. The van der Waals surface area contributed by atoms with Crippen LogP contribution in [-0.2, 0) is 11.2 Å². The minimum Gasteiger partial charge on any atom is -0.368 e. The van der Waals surface area contributed by atoms with Crippen molar-refractivity contribution < 1.29 is 9.84 Å². The molecule has 0 saturated heterocycles. The fraction of sp³-hybridized carbons (Fsp3) is 0.652. The molecule has 0 radical (unpaired) electrons. The highest BCUT2D eigenvalue weighted by atomic mass is 16.6. The Morgan fingerprint density at radius 2 is 1.56 bits per heavy atom. The van der Waals surface area contributed by atoms with Crippen molar-refractivity contribution in [2.75, 3.05) is 6.61 Å². The minimum absolute atomic E-state index is 0.118. The van der Waals surface area contributed by atoms with Crippen molar-refractivity contribution in [1.82, 2.24) is 0 Å². The van der Waals surface area contributed by atoms with Crippen molar-refractivity contribution in [1.29, 1.82) is 0 Å². The molecule has 2 unspecified atom stereocenters. The molecule has 0 heterocycles. The van der Waals surface area contributed by atoms with Crippen molar-refractivity contribution >= 4 is 0 Å². The highest BCUT2D eigenvalue weighted by Crippen LogP contribution is 2.18. The van der Waals surface area contributed by atoms with Crippen LogP contribution < -0.4 is 0 Å². The molecule has 0 aliphatic rings. The Morgan fingerprint density at radius 3 is 1.96 bits per heavy atom. The number of benzene rings is 1. The number of rotatable bonds is 8. The largest absolute Gasteiger partial charge is 0.368 e. The predicted octanol–water partition coefficient (Wildman–Crippen LogP) is 6.34. The van der Waals surface area contributed by atoms with Gasteiger partial charge < -0.3 is 9.84 Å². The lowest BCUT2D eigenvalue weighted by Crippen LogP contribution is -2.24. The van der Waals surface area contributed by atoms with Crippen molar-refractivity contribution in [2.45, 2.75) is 80.4 Å². The standard InChI is InChI=1S/C18H30O2.C5H10/c1-13(2)10-11-20-18(19)15(5)12-16-6-8-17(9-7-16)14(3)4;1-4-5(2)3/h6-9,13-15,18-19H,10-12H2,1-5H3;4H,1-3H3. The highest BCUT2D eigenvalue weighted by molar-refractivity contribution is 5.24. The van der Waals surface area contributed by atoms with Crippen LogP contribution in [0.5, 0.6) is 0 Å². The van der Waals surface area contributed by atoms with E-state index < -0.39 is 6.29 Å². The normalized spacial score (nSPS) is 13.2. The van der Waals surface area contributed by atoms with Gasteiger partial charge in [-0.25, -0.2) is 0 Å². The van der Waals surface area contributed by atoms with Gasteiger partial charge in [0.15, 0.2) is 6.29 Å². The summed E-state index contributed by atoms with van der Waals surface area (Å²) in [5.41, 5.74) is 3.99. The smallest absolute Gasteiger partial charge is 0.157 e. The van der Waals surface area contributed by atoms with Gasteiger partial charge >= 0.3 is 0 Å². The third-order valence-electron chi connectivity index (χ3n) is 4.25. The number of aliphatic hydroxyl groups excluding tert-OH is 1. The molecule has 0 aliphatic carbocycles. The Morgan fingerprint density at radius 1 is 1.04 bits per heavy atom. The van der Waals surface area contributed by atoms with E-state index in [0.29, 0.717) is 18.4 Å². The van der Waals surface area contributed by atoms with Gasteiger partial charge in [-0.1, -0.05) is 70.5 Å². The van der Waals surface area contributed by atoms with E-state index in [9.17, 15) is 5.11 Å². The maximum absolute atomic E-state index is 10.0. The maximum atomic E-state index is 10.0. The number of ether oxygens (including phenoxy) is 1. The molecule has 144 valence electrons. The second kappa shape index (κ2) is 13.1. The Balaban J connectivity index is 0.00000101. The van der Waals surface area contributed by atoms with Crippen molar-refractivity contribution in [2.24, 2.45) is 11.8 Å². The Kier molecular flexibility index (Phi) is 12.5. The van der Waals surface area contributed by atoms with Gasteiger partial charge in [0.25, 0.3) is 0 Å². The van der Waals surface area contributed by atoms with E-state index in [1.165, 1.54) is 16.7 Å². The molecule has 0 aromatic heterocycles. The topological polar surface area (TPSA) is 29.5 Å². The summed E-state index contributed by atoms with van der Waals surface area (Å²) < 4.78 is 5.50. The molecule has 0 aliphatic heterocycles. The van der Waals surface area contributed by atoms with Crippen LogP contribution in [0.3, 0.4) is 0 Å². The zero-order valence-electron chi connectivity index (χ0n) is 17.7. The number of hydrogen-bond donors (Lipinski definition) is 1. The molecule has 2 atom stereocenters. The summed E-state index contributed by atoms with van der Waals surface area (Å²) in [5, 5.41) is 10.0. The van der Waals surface area contributed by atoms with Crippen molar-refractivity contribution in [3.8, 4) is 0 Å². The van der Waals surface area contributed by atoms with E-state index in [2.05, 4.69) is 71.9 Å². The Hall–Kier alpha value is -1.12. The molecule has 0 bridgehead atoms. The monoisotopic (exact) mass is 348 g/mol. The predicted molar refractivity (Wildman–Crippen MR) is 110 cm³/mol. The molecule has 1 aromatic carbocycles. The van der Waals surface area contributed by atoms with Gasteiger partial charge in [0.2, 0.25) is 0 Å². The molecule has 0 saturated carbocycles. The first-order valence-corrected chi connectivity index (χ1v) is 9.65. The molecular formula is C23H40O2. The van der Waals surface area contributed by atoms with Crippen LogP contribution in [-0.4, -0.2) is 18.0 Å². The van der Waals surface area contributed by atoms with Crippen LogP contribution in [0.15, 0.2) is 35.9 Å². The molecule has 1 rings (SSSR count). The quantitative estimate of drug-likeness (QED) is 0.438. The molecule has 25 heavy (non-hydrogen) atoms.